The van der Waals surface area contributed by atoms with Gasteiger partial charge < -0.3 is 15.8 Å². The largest absolute Gasteiger partial charge is 0.492 e. The molecule has 0 radical (unpaired) electrons. The first-order valence-electron chi connectivity index (χ1n) is 7.28. The third-order valence-electron chi connectivity index (χ3n) is 3.13. The lowest BCUT2D eigenvalue weighted by Gasteiger charge is -2.10. The third-order valence-corrected chi connectivity index (χ3v) is 3.13. The van der Waals surface area contributed by atoms with Gasteiger partial charge in [-0.2, -0.15) is 13.2 Å². The molecule has 2 rings (SSSR count). The summed E-state index contributed by atoms with van der Waals surface area (Å²) in [6.07, 6.45) is -4.39. The molecule has 2 aromatic rings. The topological polar surface area (TPSA) is 59.6 Å². The highest BCUT2D eigenvalue weighted by atomic mass is 127. The zero-order valence-electron chi connectivity index (χ0n) is 13.5. The molecule has 0 saturated carbocycles. The number of hydrogen-bond donors (Lipinski definition) is 2. The van der Waals surface area contributed by atoms with Crippen molar-refractivity contribution in [3.8, 4) is 5.75 Å². The number of alkyl halides is 3. The second kappa shape index (κ2) is 9.50. The van der Waals surface area contributed by atoms with E-state index in [0.29, 0.717) is 0 Å². The summed E-state index contributed by atoms with van der Waals surface area (Å²) in [6.45, 7) is 2.32. The van der Waals surface area contributed by atoms with Crippen LogP contribution >= 0.6 is 24.0 Å². The predicted octanol–water partition coefficient (Wildman–Crippen LogP) is 4.44. The van der Waals surface area contributed by atoms with Crippen molar-refractivity contribution in [3.63, 3.8) is 0 Å². The van der Waals surface area contributed by atoms with Crippen LogP contribution in [0.1, 0.15) is 11.1 Å². The van der Waals surface area contributed by atoms with Gasteiger partial charge in [0.15, 0.2) is 5.96 Å². The monoisotopic (exact) mass is 465 g/mol. The molecular formula is C17H19F3IN3O. The summed E-state index contributed by atoms with van der Waals surface area (Å²) in [7, 11) is 0. The Morgan fingerprint density at radius 2 is 1.84 bits per heavy atom. The SMILES string of the molecule is Cc1ccc(NC(N)=NCCOc2cccc(C(F)(F)F)c2)cc1.I. The molecule has 0 bridgehead atoms. The average Bonchev–Trinajstić information content (AvgIpc) is 2.53. The Hall–Kier alpha value is -1.97. The van der Waals surface area contributed by atoms with Gasteiger partial charge in [-0.15, -0.1) is 24.0 Å². The van der Waals surface area contributed by atoms with E-state index in [-0.39, 0.29) is 48.8 Å². The number of anilines is 1. The molecule has 25 heavy (non-hydrogen) atoms. The van der Waals surface area contributed by atoms with Crippen molar-refractivity contribution in [2.75, 3.05) is 18.5 Å². The molecule has 3 N–H and O–H groups in total. The standard InChI is InChI=1S/C17H18F3N3O.HI/c1-12-5-7-14(8-6-12)23-16(21)22-9-10-24-15-4-2-3-13(11-15)17(18,19)20;/h2-8,11H,9-10H2,1H3,(H3,21,22,23);1H. The Bertz CT molecular complexity index is 703. The molecule has 0 spiro atoms. The van der Waals surface area contributed by atoms with E-state index in [1.807, 2.05) is 31.2 Å². The Morgan fingerprint density at radius 3 is 2.48 bits per heavy atom. The van der Waals surface area contributed by atoms with Gasteiger partial charge in [-0.3, -0.25) is 0 Å². The van der Waals surface area contributed by atoms with Gasteiger partial charge in [0.05, 0.1) is 12.1 Å². The fraction of sp³-hybridized carbons (Fsp3) is 0.235. The van der Waals surface area contributed by atoms with Crippen molar-refractivity contribution in [1.29, 1.82) is 0 Å². The van der Waals surface area contributed by atoms with Gasteiger partial charge in [-0.25, -0.2) is 4.99 Å². The number of guanidine groups is 1. The van der Waals surface area contributed by atoms with Gasteiger partial charge in [-0.1, -0.05) is 23.8 Å². The van der Waals surface area contributed by atoms with E-state index in [1.54, 1.807) is 0 Å². The molecule has 0 aliphatic rings. The van der Waals surface area contributed by atoms with Crippen molar-refractivity contribution < 1.29 is 17.9 Å². The first-order valence-corrected chi connectivity index (χ1v) is 7.28. The molecule has 136 valence electrons. The van der Waals surface area contributed by atoms with E-state index in [2.05, 4.69) is 10.3 Å². The highest BCUT2D eigenvalue weighted by molar-refractivity contribution is 14.0. The lowest BCUT2D eigenvalue weighted by atomic mass is 10.2. The van der Waals surface area contributed by atoms with Crippen molar-refractivity contribution in [2.45, 2.75) is 13.1 Å². The smallest absolute Gasteiger partial charge is 0.416 e. The van der Waals surface area contributed by atoms with Crippen molar-refractivity contribution >= 4 is 35.6 Å². The van der Waals surface area contributed by atoms with Gasteiger partial charge in [0, 0.05) is 5.69 Å². The van der Waals surface area contributed by atoms with Crippen LogP contribution in [0.25, 0.3) is 0 Å². The molecular weight excluding hydrogens is 446 g/mol. The lowest BCUT2D eigenvalue weighted by molar-refractivity contribution is -0.137. The molecule has 0 amide bonds. The second-order valence-electron chi connectivity index (χ2n) is 5.13. The fourth-order valence-electron chi connectivity index (χ4n) is 1.92. The molecule has 8 heteroatoms. The fourth-order valence-corrected chi connectivity index (χ4v) is 1.92. The minimum absolute atomic E-state index is 0. The number of nitrogens with two attached hydrogens (primary N) is 1. The van der Waals surface area contributed by atoms with Crippen LogP contribution < -0.4 is 15.8 Å². The van der Waals surface area contributed by atoms with Crippen LogP contribution in [0, 0.1) is 6.92 Å². The van der Waals surface area contributed by atoms with Crippen LogP contribution in [0.3, 0.4) is 0 Å². The maximum atomic E-state index is 12.6. The van der Waals surface area contributed by atoms with Crippen LogP contribution in [0.15, 0.2) is 53.5 Å². The molecule has 0 aliphatic carbocycles. The summed E-state index contributed by atoms with van der Waals surface area (Å²) >= 11 is 0. The lowest BCUT2D eigenvalue weighted by Crippen LogP contribution is -2.23. The Labute approximate surface area is 161 Å². The van der Waals surface area contributed by atoms with Crippen molar-refractivity contribution in [3.05, 3.63) is 59.7 Å². The molecule has 2 aromatic carbocycles. The minimum atomic E-state index is -4.39. The zero-order valence-corrected chi connectivity index (χ0v) is 15.8. The Morgan fingerprint density at radius 1 is 1.16 bits per heavy atom. The van der Waals surface area contributed by atoms with E-state index < -0.39 is 11.7 Å². The van der Waals surface area contributed by atoms with Gasteiger partial charge in [0.25, 0.3) is 0 Å². The van der Waals surface area contributed by atoms with E-state index in [9.17, 15) is 13.2 Å². The summed E-state index contributed by atoms with van der Waals surface area (Å²) in [5, 5.41) is 2.92. The normalized spacial score (nSPS) is 11.6. The summed E-state index contributed by atoms with van der Waals surface area (Å²) in [5.74, 6) is 0.358. The maximum absolute atomic E-state index is 12.6. The molecule has 0 aromatic heterocycles. The van der Waals surface area contributed by atoms with Crippen LogP contribution in [0.5, 0.6) is 5.75 Å². The second-order valence-corrected chi connectivity index (χ2v) is 5.13. The summed E-state index contributed by atoms with van der Waals surface area (Å²) in [6, 6.07) is 12.3. The van der Waals surface area contributed by atoms with Gasteiger partial charge in [0.2, 0.25) is 0 Å². The summed E-state index contributed by atoms with van der Waals surface area (Å²) in [4.78, 5) is 4.06. The average molecular weight is 465 g/mol. The van der Waals surface area contributed by atoms with Crippen LogP contribution in [0.2, 0.25) is 0 Å². The van der Waals surface area contributed by atoms with Crippen LogP contribution in [-0.2, 0) is 6.18 Å². The first-order chi connectivity index (χ1) is 11.3. The minimum Gasteiger partial charge on any atom is -0.492 e. The van der Waals surface area contributed by atoms with Crippen LogP contribution in [0.4, 0.5) is 18.9 Å². The number of nitrogens with zero attached hydrogens (tertiary/aromatic N) is 1. The first kappa shape index (κ1) is 21.1. The highest BCUT2D eigenvalue weighted by Crippen LogP contribution is 2.31. The molecule has 0 unspecified atom stereocenters. The van der Waals surface area contributed by atoms with E-state index in [4.69, 9.17) is 10.5 Å². The number of nitrogens with one attached hydrogen (secondary N) is 1. The molecule has 4 nitrogen and oxygen atoms in total. The molecule has 0 saturated heterocycles. The van der Waals surface area contributed by atoms with Crippen molar-refractivity contribution in [1.82, 2.24) is 0 Å². The number of aliphatic imine (C=N–C) groups is 1. The van der Waals surface area contributed by atoms with Gasteiger partial charge in [0.1, 0.15) is 12.4 Å². The number of benzene rings is 2. The number of rotatable bonds is 5. The molecule has 0 aliphatic heterocycles. The Kier molecular flexibility index (Phi) is 8.01. The summed E-state index contributed by atoms with van der Waals surface area (Å²) < 4.78 is 43.0. The number of aryl methyl sites for hydroxylation is 1. The quantitative estimate of drug-likeness (QED) is 0.297. The maximum Gasteiger partial charge on any atom is 0.416 e. The molecule has 0 heterocycles. The van der Waals surface area contributed by atoms with Gasteiger partial charge in [-0.05, 0) is 37.3 Å². The van der Waals surface area contributed by atoms with E-state index >= 15 is 0 Å². The highest BCUT2D eigenvalue weighted by Gasteiger charge is 2.30. The zero-order chi connectivity index (χ0) is 17.6. The van der Waals surface area contributed by atoms with E-state index in [0.717, 1.165) is 23.4 Å². The molecule has 0 atom stereocenters. The number of hydrogen-bond acceptors (Lipinski definition) is 2. The number of halogens is 4. The van der Waals surface area contributed by atoms with E-state index in [1.165, 1.54) is 12.1 Å². The third kappa shape index (κ3) is 7.20. The molecule has 0 fully saturated rings. The van der Waals surface area contributed by atoms with Gasteiger partial charge >= 0.3 is 6.18 Å². The van der Waals surface area contributed by atoms with Crippen LogP contribution in [-0.4, -0.2) is 19.1 Å². The van der Waals surface area contributed by atoms with Crippen molar-refractivity contribution in [2.24, 2.45) is 10.7 Å². The number of ether oxygens (including phenoxy) is 1. The summed E-state index contributed by atoms with van der Waals surface area (Å²) in [5.41, 5.74) is 6.93. The predicted molar refractivity (Wildman–Crippen MR) is 104 cm³/mol. The Balaban J connectivity index is 0.00000312.